The Labute approximate surface area is 142 Å². The van der Waals surface area contributed by atoms with Crippen LogP contribution in [0.3, 0.4) is 0 Å². The Morgan fingerprint density at radius 3 is 2.12 bits per heavy atom. The molecule has 3 N–H and O–H groups in total. The molecule has 0 fully saturated rings. The van der Waals surface area contributed by atoms with Crippen LogP contribution >= 0.6 is 0 Å². The predicted octanol–water partition coefficient (Wildman–Crippen LogP) is 1.89. The largest absolute Gasteiger partial charge is 0.461 e. The van der Waals surface area contributed by atoms with Crippen molar-refractivity contribution in [3.8, 4) is 0 Å². The molecule has 0 aromatic heterocycles. The van der Waals surface area contributed by atoms with Crippen molar-refractivity contribution in [1.82, 2.24) is 0 Å². The fraction of sp³-hybridized carbons (Fsp3) is 0.364. The number of nitrogens with two attached hydrogens (primary N) is 1. The van der Waals surface area contributed by atoms with E-state index in [1.807, 2.05) is 5.32 Å². The van der Waals surface area contributed by atoms with Gasteiger partial charge in [0.25, 0.3) is 0 Å². The molecule has 0 spiro atoms. The summed E-state index contributed by atoms with van der Waals surface area (Å²) >= 11 is 0. The van der Waals surface area contributed by atoms with E-state index in [-0.39, 0.29) is 12.1 Å². The van der Waals surface area contributed by atoms with Crippen molar-refractivity contribution >= 4 is 37.9 Å². The molecule has 1 atom stereocenters. The number of benzene rings is 1. The van der Waals surface area contributed by atoms with Gasteiger partial charge < -0.3 is 11.1 Å². The van der Waals surface area contributed by atoms with Crippen LogP contribution in [0.2, 0.25) is 0 Å². The van der Waals surface area contributed by atoms with Gasteiger partial charge in [-0.3, -0.25) is 4.79 Å². The zero-order valence-corrected chi connectivity index (χ0v) is 13.7. The Morgan fingerprint density at radius 1 is 1.08 bits per heavy atom. The first-order valence-corrected chi connectivity index (χ1v) is 9.03. The molecule has 1 aromatic carbocycles. The van der Waals surface area contributed by atoms with Crippen LogP contribution in [0.4, 0.5) is 42.1 Å². The normalized spacial score (nSPS) is 18.8. The maximum Gasteiger partial charge on any atom is 0.461 e. The molecule has 1 unspecified atom stereocenters. The molecular weight excluding hydrogens is 421 g/mol. The minimum absolute atomic E-state index is 0.268. The highest BCUT2D eigenvalue weighted by molar-refractivity contribution is 7.92. The highest BCUT2D eigenvalue weighted by Crippen LogP contribution is 2.50. The number of halogens is 7. The second-order valence-corrected chi connectivity index (χ2v) is 8.50. The molecule has 146 valence electrons. The quantitative estimate of drug-likeness (QED) is 0.565. The highest BCUT2D eigenvalue weighted by Gasteiger charge is 2.76. The van der Waals surface area contributed by atoms with Crippen LogP contribution in [0, 0.1) is 0 Å². The zero-order chi connectivity index (χ0) is 20.3. The maximum atomic E-state index is 13.6. The first-order chi connectivity index (χ1) is 11.5. The summed E-state index contributed by atoms with van der Waals surface area (Å²) in [6.07, 6.45) is -6.70. The van der Waals surface area contributed by atoms with E-state index in [0.717, 1.165) is 0 Å². The summed E-state index contributed by atoms with van der Waals surface area (Å²) in [6, 6.07) is 0.557. The lowest BCUT2D eigenvalue weighted by molar-refractivity contribution is -0.331. The Morgan fingerprint density at radius 2 is 1.62 bits per heavy atom. The van der Waals surface area contributed by atoms with E-state index in [1.54, 1.807) is 0 Å². The van der Waals surface area contributed by atoms with Crippen molar-refractivity contribution in [2.24, 2.45) is 0 Å². The van der Waals surface area contributed by atoms with Gasteiger partial charge in [-0.25, -0.2) is 12.6 Å². The lowest BCUT2D eigenvalue weighted by Crippen LogP contribution is -2.54. The molecule has 1 aliphatic heterocycles. The second kappa shape index (κ2) is 5.80. The number of sulfone groups is 1. The van der Waals surface area contributed by atoms with Crippen LogP contribution in [-0.4, -0.2) is 41.6 Å². The maximum absolute atomic E-state index is 13.6. The number of amides is 1. The van der Waals surface area contributed by atoms with Crippen LogP contribution in [-0.2, 0) is 25.4 Å². The SMILES string of the molecule is Nc1cc(S(=O)C(F)(F)C(F)(F)C(F)(F)F)cc2c1S(=O)(=O)CC(=O)N2. The van der Waals surface area contributed by atoms with Gasteiger partial charge in [0.1, 0.15) is 21.4 Å². The van der Waals surface area contributed by atoms with Gasteiger partial charge in [0.05, 0.1) is 11.4 Å². The number of hydrogen-bond acceptors (Lipinski definition) is 5. The third kappa shape index (κ3) is 3.02. The second-order valence-electron chi connectivity index (χ2n) is 5.05. The van der Waals surface area contributed by atoms with Crippen molar-refractivity contribution in [2.45, 2.75) is 27.1 Å². The number of rotatable bonds is 3. The fourth-order valence-electron chi connectivity index (χ4n) is 2.03. The smallest absolute Gasteiger partial charge is 0.398 e. The lowest BCUT2D eigenvalue weighted by atomic mass is 10.2. The number of anilines is 2. The first-order valence-electron chi connectivity index (χ1n) is 6.22. The number of fused-ring (bicyclic) bond motifs is 1. The van der Waals surface area contributed by atoms with Gasteiger partial charge >= 0.3 is 17.4 Å². The highest BCUT2D eigenvalue weighted by atomic mass is 32.2. The van der Waals surface area contributed by atoms with E-state index in [2.05, 4.69) is 0 Å². The average Bonchev–Trinajstić information content (AvgIpc) is 2.42. The summed E-state index contributed by atoms with van der Waals surface area (Å²) in [6.45, 7) is 0. The van der Waals surface area contributed by atoms with Gasteiger partial charge in [-0.2, -0.15) is 30.7 Å². The van der Waals surface area contributed by atoms with Gasteiger partial charge in [-0.15, -0.1) is 0 Å². The minimum Gasteiger partial charge on any atom is -0.398 e. The van der Waals surface area contributed by atoms with Gasteiger partial charge in [-0.05, 0) is 12.1 Å². The van der Waals surface area contributed by atoms with Crippen LogP contribution in [0.25, 0.3) is 0 Å². The van der Waals surface area contributed by atoms with E-state index in [4.69, 9.17) is 5.73 Å². The molecule has 0 saturated carbocycles. The standard InChI is InChI=1S/C11H7F7N2O4S2/c12-9(13,10(14,15)16)11(17,18)25(22)4-1-5(19)8-6(2-4)20-7(21)3-26(8,23)24/h1-2H,3,19H2,(H,20,21). The van der Waals surface area contributed by atoms with Crippen molar-refractivity contribution in [1.29, 1.82) is 0 Å². The number of carbonyl (C=O) groups is 1. The number of carbonyl (C=O) groups excluding carboxylic acids is 1. The molecular formula is C11H7F7N2O4S2. The molecule has 1 amide bonds. The Hall–Kier alpha value is -1.90. The Balaban J connectivity index is 2.61. The summed E-state index contributed by atoms with van der Waals surface area (Å²) < 4.78 is 125. The molecule has 0 radical (unpaired) electrons. The van der Waals surface area contributed by atoms with Crippen LogP contribution in [0.5, 0.6) is 0 Å². The molecule has 26 heavy (non-hydrogen) atoms. The van der Waals surface area contributed by atoms with E-state index in [1.165, 1.54) is 0 Å². The number of hydrogen-bond donors (Lipinski definition) is 2. The Bertz CT molecular complexity index is 912. The molecule has 0 bridgehead atoms. The van der Waals surface area contributed by atoms with Gasteiger partial charge in [-0.1, -0.05) is 0 Å². The molecule has 1 heterocycles. The third-order valence-corrected chi connectivity index (χ3v) is 6.27. The third-order valence-electron chi connectivity index (χ3n) is 3.17. The first kappa shape index (κ1) is 20.4. The molecule has 0 saturated heterocycles. The topological polar surface area (TPSA) is 106 Å². The van der Waals surface area contributed by atoms with Crippen molar-refractivity contribution in [3.63, 3.8) is 0 Å². The van der Waals surface area contributed by atoms with Crippen LogP contribution < -0.4 is 11.1 Å². The van der Waals surface area contributed by atoms with E-state index in [0.29, 0.717) is 0 Å². The van der Waals surface area contributed by atoms with E-state index >= 15 is 0 Å². The molecule has 1 aliphatic rings. The number of nitrogen functional groups attached to an aromatic ring is 1. The van der Waals surface area contributed by atoms with Crippen molar-refractivity contribution in [3.05, 3.63) is 12.1 Å². The van der Waals surface area contributed by atoms with Gasteiger partial charge in [0, 0.05) is 4.90 Å². The minimum atomic E-state index is -6.70. The van der Waals surface area contributed by atoms with Crippen molar-refractivity contribution in [2.75, 3.05) is 16.8 Å². The fourth-order valence-corrected chi connectivity index (χ4v) is 4.56. The summed E-state index contributed by atoms with van der Waals surface area (Å²) in [7, 11) is -8.59. The van der Waals surface area contributed by atoms with Crippen molar-refractivity contribution < 1.29 is 48.2 Å². The zero-order valence-electron chi connectivity index (χ0n) is 12.0. The predicted molar refractivity (Wildman–Crippen MR) is 73.9 cm³/mol. The number of alkyl halides is 7. The molecule has 15 heteroatoms. The lowest BCUT2D eigenvalue weighted by Gasteiger charge is -2.28. The van der Waals surface area contributed by atoms with Crippen LogP contribution in [0.1, 0.15) is 0 Å². The summed E-state index contributed by atoms with van der Waals surface area (Å²) in [4.78, 5) is 9.22. The molecule has 6 nitrogen and oxygen atoms in total. The van der Waals surface area contributed by atoms with E-state index < -0.39 is 70.8 Å². The van der Waals surface area contributed by atoms with Gasteiger partial charge in [0.2, 0.25) is 5.91 Å². The molecule has 0 aliphatic carbocycles. The van der Waals surface area contributed by atoms with Gasteiger partial charge in [0.15, 0.2) is 9.84 Å². The Kier molecular flexibility index (Phi) is 4.55. The molecule has 2 rings (SSSR count). The van der Waals surface area contributed by atoms with Crippen LogP contribution in [0.15, 0.2) is 21.9 Å². The monoisotopic (exact) mass is 428 g/mol. The molecule has 1 aromatic rings. The number of nitrogens with one attached hydrogen (secondary N) is 1. The summed E-state index contributed by atoms with van der Waals surface area (Å²) in [5.74, 6) is -8.83. The average molecular weight is 428 g/mol. The van der Waals surface area contributed by atoms with E-state index in [9.17, 15) is 48.2 Å². The summed E-state index contributed by atoms with van der Waals surface area (Å²) in [5.41, 5.74) is 3.72. The summed E-state index contributed by atoms with van der Waals surface area (Å²) in [5, 5.41) is -4.21.